The Kier molecular flexibility index (Phi) is 7.35. The fraction of sp³-hybridized carbons (Fsp3) is 0.174. The summed E-state index contributed by atoms with van der Waals surface area (Å²) in [5.41, 5.74) is 0.884. The Morgan fingerprint density at radius 3 is 2.52 bits per heavy atom. The molecule has 2 aromatic heterocycles. The summed E-state index contributed by atoms with van der Waals surface area (Å²) in [6.45, 7) is 1.88. The number of hydrogen-bond acceptors (Lipinski definition) is 5. The van der Waals surface area contributed by atoms with Gasteiger partial charge >= 0.3 is 5.69 Å². The van der Waals surface area contributed by atoms with E-state index in [-0.39, 0.29) is 41.7 Å². The zero-order chi connectivity index (χ0) is 22.8. The molecular formula is C23H21ClFN3O4S. The number of fused-ring (bicyclic) bond motifs is 1. The van der Waals surface area contributed by atoms with Crippen LogP contribution >= 0.6 is 23.7 Å². The summed E-state index contributed by atoms with van der Waals surface area (Å²) in [7, 11) is 1.38. The van der Waals surface area contributed by atoms with Crippen LogP contribution in [0.25, 0.3) is 4.83 Å². The average molecular weight is 490 g/mol. The number of amides is 1. The first-order valence-corrected chi connectivity index (χ1v) is 10.6. The number of ether oxygens (including phenoxy) is 1. The lowest BCUT2D eigenvalue weighted by Gasteiger charge is -2.07. The first-order chi connectivity index (χ1) is 15.4. The van der Waals surface area contributed by atoms with Gasteiger partial charge in [-0.25, -0.2) is 9.18 Å². The minimum atomic E-state index is -0.519. The molecular weight excluding hydrogens is 469 g/mol. The number of methoxy groups -OCH3 is 1. The summed E-state index contributed by atoms with van der Waals surface area (Å²) >= 11 is 1.06. The number of halogens is 2. The molecule has 0 bridgehead atoms. The van der Waals surface area contributed by atoms with Gasteiger partial charge < -0.3 is 10.1 Å². The van der Waals surface area contributed by atoms with Gasteiger partial charge in [0.15, 0.2) is 11.6 Å². The number of benzene rings is 2. The van der Waals surface area contributed by atoms with Crippen molar-refractivity contribution in [1.82, 2.24) is 14.3 Å². The van der Waals surface area contributed by atoms with Gasteiger partial charge in [-0.15, -0.1) is 23.7 Å². The van der Waals surface area contributed by atoms with Crippen LogP contribution in [0, 0.1) is 12.7 Å². The van der Waals surface area contributed by atoms with Crippen molar-refractivity contribution in [1.29, 1.82) is 0 Å². The SMILES string of the molecule is COc1ccc(CNC(=O)c2cn3c(=O)n(Cc4ccccc4)c(=O)c(C)c3s2)cc1F.Cl. The van der Waals surface area contributed by atoms with Gasteiger partial charge in [-0.05, 0) is 30.2 Å². The molecule has 33 heavy (non-hydrogen) atoms. The van der Waals surface area contributed by atoms with Gasteiger partial charge in [-0.2, -0.15) is 0 Å². The van der Waals surface area contributed by atoms with Crippen molar-refractivity contribution in [2.24, 2.45) is 0 Å². The van der Waals surface area contributed by atoms with E-state index < -0.39 is 17.4 Å². The number of hydrogen-bond donors (Lipinski definition) is 1. The molecule has 0 atom stereocenters. The monoisotopic (exact) mass is 489 g/mol. The van der Waals surface area contributed by atoms with Crippen LogP contribution in [0.4, 0.5) is 4.39 Å². The molecule has 0 spiro atoms. The van der Waals surface area contributed by atoms with Gasteiger partial charge in [-0.3, -0.25) is 18.6 Å². The zero-order valence-electron chi connectivity index (χ0n) is 17.8. The first-order valence-electron chi connectivity index (χ1n) is 9.79. The average Bonchev–Trinajstić information content (AvgIpc) is 3.26. The maximum Gasteiger partial charge on any atom is 0.336 e. The second-order valence-corrected chi connectivity index (χ2v) is 8.24. The molecule has 1 amide bonds. The Hall–Kier alpha value is -3.43. The summed E-state index contributed by atoms with van der Waals surface area (Å²) in [6, 6.07) is 13.6. The van der Waals surface area contributed by atoms with Crippen LogP contribution in [0.5, 0.6) is 5.75 Å². The Balaban J connectivity index is 0.00000306. The first kappa shape index (κ1) is 24.2. The zero-order valence-corrected chi connectivity index (χ0v) is 19.5. The van der Waals surface area contributed by atoms with Crippen molar-refractivity contribution in [3.05, 3.63) is 103 Å². The molecule has 172 valence electrons. The second kappa shape index (κ2) is 10.0. The summed E-state index contributed by atoms with van der Waals surface area (Å²) in [4.78, 5) is 39.1. The quantitative estimate of drug-likeness (QED) is 0.450. The van der Waals surface area contributed by atoms with Crippen LogP contribution < -0.4 is 21.3 Å². The van der Waals surface area contributed by atoms with Crippen LogP contribution in [-0.2, 0) is 13.1 Å². The third-order valence-electron chi connectivity index (χ3n) is 5.07. The molecule has 0 radical (unpaired) electrons. The van der Waals surface area contributed by atoms with E-state index in [4.69, 9.17) is 4.74 Å². The summed E-state index contributed by atoms with van der Waals surface area (Å²) in [5, 5.41) is 2.71. The van der Waals surface area contributed by atoms with Gasteiger partial charge in [0.25, 0.3) is 11.5 Å². The van der Waals surface area contributed by atoms with E-state index in [1.165, 1.54) is 29.8 Å². The fourth-order valence-electron chi connectivity index (χ4n) is 3.37. The largest absolute Gasteiger partial charge is 0.494 e. The number of rotatable bonds is 6. The standard InChI is InChI=1S/C23H20FN3O4S.ClH/c1-14-21(29)26(12-15-6-4-3-5-7-15)23(30)27-13-19(32-22(14)27)20(28)25-11-16-8-9-18(31-2)17(24)10-16;/h3-10,13H,11-12H2,1-2H3,(H,25,28);1H. The predicted molar refractivity (Wildman–Crippen MR) is 127 cm³/mol. The molecule has 7 nitrogen and oxygen atoms in total. The number of carbonyl (C=O) groups excluding carboxylic acids is 1. The smallest absolute Gasteiger partial charge is 0.336 e. The molecule has 0 aliphatic rings. The molecule has 0 fully saturated rings. The van der Waals surface area contributed by atoms with Crippen LogP contribution in [0.3, 0.4) is 0 Å². The van der Waals surface area contributed by atoms with E-state index in [9.17, 15) is 18.8 Å². The number of nitrogens with one attached hydrogen (secondary N) is 1. The minimum Gasteiger partial charge on any atom is -0.494 e. The highest BCUT2D eigenvalue weighted by Gasteiger charge is 2.18. The van der Waals surface area contributed by atoms with Gasteiger partial charge in [0.05, 0.1) is 13.7 Å². The van der Waals surface area contributed by atoms with Gasteiger partial charge in [0.2, 0.25) is 0 Å². The van der Waals surface area contributed by atoms with E-state index in [1.54, 1.807) is 13.0 Å². The topological polar surface area (TPSA) is 81.8 Å². The van der Waals surface area contributed by atoms with Gasteiger partial charge in [0, 0.05) is 18.3 Å². The Morgan fingerprint density at radius 2 is 1.85 bits per heavy atom. The number of thiazole rings is 1. The predicted octanol–water partition coefficient (Wildman–Crippen LogP) is 3.38. The summed E-state index contributed by atoms with van der Waals surface area (Å²) < 4.78 is 21.2. The van der Waals surface area contributed by atoms with Crippen molar-refractivity contribution < 1.29 is 13.9 Å². The Bertz CT molecular complexity index is 1430. The molecule has 2 aromatic carbocycles. The highest BCUT2D eigenvalue weighted by Crippen LogP contribution is 2.20. The van der Waals surface area contributed by atoms with Gasteiger partial charge in [0.1, 0.15) is 9.71 Å². The lowest BCUT2D eigenvalue weighted by atomic mass is 10.2. The number of nitrogens with zero attached hydrogens (tertiary/aromatic N) is 2. The maximum atomic E-state index is 13.9. The van der Waals surface area contributed by atoms with E-state index >= 15 is 0 Å². The molecule has 4 rings (SSSR count). The molecule has 10 heteroatoms. The third kappa shape index (κ3) is 4.84. The molecule has 0 saturated carbocycles. The summed E-state index contributed by atoms with van der Waals surface area (Å²) in [6.07, 6.45) is 1.43. The molecule has 0 aliphatic heterocycles. The second-order valence-electron chi connectivity index (χ2n) is 7.21. The van der Waals surface area contributed by atoms with E-state index in [1.807, 2.05) is 30.3 Å². The lowest BCUT2D eigenvalue weighted by molar-refractivity contribution is 0.0954. The van der Waals surface area contributed by atoms with Crippen LogP contribution in [0.15, 0.2) is 64.3 Å². The van der Waals surface area contributed by atoms with E-state index in [0.29, 0.717) is 16.0 Å². The third-order valence-corrected chi connectivity index (χ3v) is 6.28. The normalized spacial score (nSPS) is 10.6. The molecule has 4 aromatic rings. The van der Waals surface area contributed by atoms with E-state index in [2.05, 4.69) is 5.32 Å². The Morgan fingerprint density at radius 1 is 1.12 bits per heavy atom. The fourth-order valence-corrected chi connectivity index (χ4v) is 4.37. The minimum absolute atomic E-state index is 0. The highest BCUT2D eigenvalue weighted by molar-refractivity contribution is 7.19. The summed E-state index contributed by atoms with van der Waals surface area (Å²) in [5.74, 6) is -0.818. The Labute approximate surface area is 198 Å². The van der Waals surface area contributed by atoms with Crippen LogP contribution in [0.1, 0.15) is 26.4 Å². The number of carbonyl (C=O) groups is 1. The van der Waals surface area contributed by atoms with Crippen molar-refractivity contribution in [2.75, 3.05) is 7.11 Å². The molecule has 2 heterocycles. The van der Waals surface area contributed by atoms with Crippen molar-refractivity contribution in [2.45, 2.75) is 20.0 Å². The molecule has 0 saturated heterocycles. The molecule has 0 unspecified atom stereocenters. The molecule has 0 aliphatic carbocycles. The maximum absolute atomic E-state index is 13.9. The van der Waals surface area contributed by atoms with Crippen LogP contribution in [0.2, 0.25) is 0 Å². The van der Waals surface area contributed by atoms with E-state index in [0.717, 1.165) is 21.5 Å². The van der Waals surface area contributed by atoms with Crippen molar-refractivity contribution >= 4 is 34.5 Å². The number of aromatic nitrogens is 2. The lowest BCUT2D eigenvalue weighted by Crippen LogP contribution is -2.38. The highest BCUT2D eigenvalue weighted by atomic mass is 35.5. The van der Waals surface area contributed by atoms with Crippen LogP contribution in [-0.4, -0.2) is 22.0 Å². The number of aryl methyl sites for hydroxylation is 1. The van der Waals surface area contributed by atoms with Crippen molar-refractivity contribution in [3.8, 4) is 5.75 Å². The van der Waals surface area contributed by atoms with Gasteiger partial charge in [-0.1, -0.05) is 36.4 Å². The molecule has 1 N–H and O–H groups in total. The van der Waals surface area contributed by atoms with Crippen molar-refractivity contribution in [3.63, 3.8) is 0 Å².